The van der Waals surface area contributed by atoms with Gasteiger partial charge in [0.15, 0.2) is 5.65 Å². The molecule has 2 N–H and O–H groups in total. The van der Waals surface area contributed by atoms with E-state index in [1.807, 2.05) is 18.7 Å². The minimum atomic E-state index is -0.329. The van der Waals surface area contributed by atoms with Gasteiger partial charge in [0, 0.05) is 7.05 Å². The van der Waals surface area contributed by atoms with Crippen LogP contribution in [-0.4, -0.2) is 38.0 Å². The zero-order valence-electron chi connectivity index (χ0n) is 11.3. The number of aliphatic hydroxyl groups excluding tert-OH is 1. The molecule has 0 saturated heterocycles. The zero-order valence-corrected chi connectivity index (χ0v) is 11.3. The van der Waals surface area contributed by atoms with E-state index in [0.29, 0.717) is 5.82 Å². The number of nitrogens with zero attached hydrogens (tertiary/aromatic N) is 4. The third-order valence-corrected chi connectivity index (χ3v) is 3.81. The molecular formula is C13H19N5O. The van der Waals surface area contributed by atoms with Gasteiger partial charge < -0.3 is 10.4 Å². The van der Waals surface area contributed by atoms with E-state index in [1.54, 1.807) is 6.20 Å². The van der Waals surface area contributed by atoms with Crippen molar-refractivity contribution in [2.45, 2.75) is 44.8 Å². The topological polar surface area (TPSA) is 75.9 Å². The fourth-order valence-electron chi connectivity index (χ4n) is 2.84. The van der Waals surface area contributed by atoms with Crippen LogP contribution in [0.15, 0.2) is 6.20 Å². The van der Waals surface area contributed by atoms with Crippen LogP contribution in [0.5, 0.6) is 0 Å². The number of anilines is 1. The second-order valence-corrected chi connectivity index (χ2v) is 5.12. The number of aromatic nitrogens is 4. The van der Waals surface area contributed by atoms with Crippen molar-refractivity contribution < 1.29 is 5.11 Å². The van der Waals surface area contributed by atoms with Crippen LogP contribution in [0.25, 0.3) is 11.0 Å². The standard InChI is InChI=1S/C13H19N5O/c1-8-16-12(14-2)9-7-15-18(13(9)17-8)10-5-3-4-6-11(10)19/h7,10-11,19H,3-6H2,1-2H3,(H,14,16,17). The Morgan fingerprint density at radius 3 is 2.84 bits per heavy atom. The summed E-state index contributed by atoms with van der Waals surface area (Å²) in [5.74, 6) is 1.50. The summed E-state index contributed by atoms with van der Waals surface area (Å²) in [7, 11) is 1.84. The van der Waals surface area contributed by atoms with E-state index < -0.39 is 0 Å². The summed E-state index contributed by atoms with van der Waals surface area (Å²) in [6.07, 6.45) is 5.47. The van der Waals surface area contributed by atoms with Gasteiger partial charge in [-0.25, -0.2) is 14.6 Å². The molecule has 1 fully saturated rings. The van der Waals surface area contributed by atoms with Gasteiger partial charge in [0.2, 0.25) is 0 Å². The molecule has 2 aromatic rings. The lowest BCUT2D eigenvalue weighted by Gasteiger charge is -2.27. The summed E-state index contributed by atoms with van der Waals surface area (Å²) < 4.78 is 1.87. The summed E-state index contributed by atoms with van der Waals surface area (Å²) in [6.45, 7) is 1.87. The van der Waals surface area contributed by atoms with Crippen molar-refractivity contribution in [3.05, 3.63) is 12.0 Å². The minimum Gasteiger partial charge on any atom is -0.391 e. The first-order valence-corrected chi connectivity index (χ1v) is 6.78. The van der Waals surface area contributed by atoms with Crippen LogP contribution in [0.4, 0.5) is 5.82 Å². The van der Waals surface area contributed by atoms with Crippen molar-refractivity contribution >= 4 is 16.9 Å². The second kappa shape index (κ2) is 4.77. The van der Waals surface area contributed by atoms with E-state index in [1.165, 1.54) is 0 Å². The fraction of sp³-hybridized carbons (Fsp3) is 0.615. The van der Waals surface area contributed by atoms with Crippen LogP contribution in [-0.2, 0) is 0 Å². The van der Waals surface area contributed by atoms with Crippen molar-refractivity contribution in [2.75, 3.05) is 12.4 Å². The molecule has 0 aliphatic heterocycles. The third kappa shape index (κ3) is 2.06. The van der Waals surface area contributed by atoms with Crippen LogP contribution in [0.3, 0.4) is 0 Å². The highest BCUT2D eigenvalue weighted by molar-refractivity contribution is 5.86. The number of hydrogen-bond donors (Lipinski definition) is 2. The maximum absolute atomic E-state index is 10.2. The van der Waals surface area contributed by atoms with Crippen LogP contribution in [0, 0.1) is 6.92 Å². The molecule has 6 nitrogen and oxygen atoms in total. The largest absolute Gasteiger partial charge is 0.391 e. The predicted octanol–water partition coefficient (Wildman–Crippen LogP) is 1.65. The van der Waals surface area contributed by atoms with Gasteiger partial charge in [-0.3, -0.25) is 0 Å². The number of aliphatic hydroxyl groups is 1. The lowest BCUT2D eigenvalue weighted by atomic mass is 9.93. The second-order valence-electron chi connectivity index (χ2n) is 5.12. The normalized spacial score (nSPS) is 23.7. The molecule has 2 unspecified atom stereocenters. The first-order chi connectivity index (χ1) is 9.20. The lowest BCUT2D eigenvalue weighted by Crippen LogP contribution is -2.28. The molecule has 0 radical (unpaired) electrons. The van der Waals surface area contributed by atoms with E-state index in [2.05, 4.69) is 20.4 Å². The number of fused-ring (bicyclic) bond motifs is 1. The van der Waals surface area contributed by atoms with Crippen molar-refractivity contribution in [3.63, 3.8) is 0 Å². The molecule has 1 aliphatic carbocycles. The molecule has 19 heavy (non-hydrogen) atoms. The van der Waals surface area contributed by atoms with Crippen molar-refractivity contribution in [2.24, 2.45) is 0 Å². The van der Waals surface area contributed by atoms with E-state index in [4.69, 9.17) is 0 Å². The van der Waals surface area contributed by atoms with Gasteiger partial charge >= 0.3 is 0 Å². The van der Waals surface area contributed by atoms with Gasteiger partial charge in [0.05, 0.1) is 23.7 Å². The molecule has 2 aromatic heterocycles. The van der Waals surface area contributed by atoms with Crippen LogP contribution in [0.2, 0.25) is 0 Å². The van der Waals surface area contributed by atoms with Crippen molar-refractivity contribution in [3.8, 4) is 0 Å². The summed E-state index contributed by atoms with van der Waals surface area (Å²) in [5, 5.41) is 18.6. The monoisotopic (exact) mass is 261 g/mol. The molecule has 0 amide bonds. The van der Waals surface area contributed by atoms with Gasteiger partial charge in [-0.1, -0.05) is 12.8 Å². The number of rotatable bonds is 2. The maximum Gasteiger partial charge on any atom is 0.163 e. The fourth-order valence-corrected chi connectivity index (χ4v) is 2.84. The lowest BCUT2D eigenvalue weighted by molar-refractivity contribution is 0.0713. The molecule has 1 aliphatic rings. The van der Waals surface area contributed by atoms with Gasteiger partial charge in [-0.2, -0.15) is 5.10 Å². The Balaban J connectivity index is 2.11. The zero-order chi connectivity index (χ0) is 13.4. The Morgan fingerprint density at radius 1 is 1.32 bits per heavy atom. The molecule has 2 heterocycles. The Kier molecular flexibility index (Phi) is 3.10. The summed E-state index contributed by atoms with van der Waals surface area (Å²) >= 11 is 0. The average Bonchev–Trinajstić information content (AvgIpc) is 2.82. The highest BCUT2D eigenvalue weighted by Crippen LogP contribution is 2.31. The molecule has 2 atom stereocenters. The Labute approximate surface area is 111 Å². The van der Waals surface area contributed by atoms with Gasteiger partial charge in [-0.05, 0) is 19.8 Å². The SMILES string of the molecule is CNc1nc(C)nc2c1cnn2C1CCCCC1O. The molecular weight excluding hydrogens is 242 g/mol. The average molecular weight is 261 g/mol. The number of hydrogen-bond acceptors (Lipinski definition) is 5. The van der Waals surface area contributed by atoms with E-state index in [9.17, 15) is 5.11 Å². The smallest absolute Gasteiger partial charge is 0.163 e. The summed E-state index contributed by atoms with van der Waals surface area (Å²) in [4.78, 5) is 8.85. The Bertz CT molecular complexity index is 594. The first-order valence-electron chi connectivity index (χ1n) is 6.78. The van der Waals surface area contributed by atoms with Crippen LogP contribution < -0.4 is 5.32 Å². The van der Waals surface area contributed by atoms with E-state index >= 15 is 0 Å². The Hall–Kier alpha value is -1.69. The Morgan fingerprint density at radius 2 is 2.11 bits per heavy atom. The minimum absolute atomic E-state index is 0.0326. The first kappa shape index (κ1) is 12.3. The van der Waals surface area contributed by atoms with Crippen molar-refractivity contribution in [1.82, 2.24) is 19.7 Å². The van der Waals surface area contributed by atoms with Gasteiger partial charge in [-0.15, -0.1) is 0 Å². The third-order valence-electron chi connectivity index (χ3n) is 3.81. The number of nitrogens with one attached hydrogen (secondary N) is 1. The van der Waals surface area contributed by atoms with Gasteiger partial charge in [0.25, 0.3) is 0 Å². The molecule has 0 bridgehead atoms. The molecule has 102 valence electrons. The molecule has 6 heteroatoms. The molecule has 0 spiro atoms. The summed E-state index contributed by atoms with van der Waals surface area (Å²) in [6, 6.07) is 0.0326. The van der Waals surface area contributed by atoms with Crippen LogP contribution >= 0.6 is 0 Å². The summed E-state index contributed by atoms with van der Waals surface area (Å²) in [5.41, 5.74) is 0.808. The highest BCUT2D eigenvalue weighted by atomic mass is 16.3. The van der Waals surface area contributed by atoms with Crippen LogP contribution in [0.1, 0.15) is 37.5 Å². The molecule has 3 rings (SSSR count). The number of aryl methyl sites for hydroxylation is 1. The maximum atomic E-state index is 10.2. The molecule has 0 aromatic carbocycles. The quantitative estimate of drug-likeness (QED) is 0.859. The van der Waals surface area contributed by atoms with Gasteiger partial charge in [0.1, 0.15) is 11.6 Å². The highest BCUT2D eigenvalue weighted by Gasteiger charge is 2.27. The van der Waals surface area contributed by atoms with E-state index in [0.717, 1.165) is 42.5 Å². The van der Waals surface area contributed by atoms with E-state index in [-0.39, 0.29) is 12.1 Å². The predicted molar refractivity (Wildman–Crippen MR) is 73.1 cm³/mol. The molecule has 1 saturated carbocycles. The van der Waals surface area contributed by atoms with Crippen molar-refractivity contribution in [1.29, 1.82) is 0 Å².